The van der Waals surface area contributed by atoms with Crippen LogP contribution in [0.25, 0.3) is 0 Å². The van der Waals surface area contributed by atoms with Gasteiger partial charge in [-0.25, -0.2) is 0 Å². The van der Waals surface area contributed by atoms with Gasteiger partial charge in [-0.05, 0) is 13.8 Å². The topological polar surface area (TPSA) is 17.1 Å². The molecule has 0 N–H and O–H groups in total. The minimum Gasteiger partial charge on any atom is -0.300 e. The fourth-order valence-corrected chi connectivity index (χ4v) is 0. The Morgan fingerprint density at radius 1 is 1.40 bits per heavy atom. The van der Waals surface area contributed by atoms with Gasteiger partial charge in [0.25, 0.3) is 0 Å². The number of carbonyl (C=O) groups excluding carboxylic acids is 1. The molecule has 0 aromatic rings. The van der Waals surface area contributed by atoms with E-state index in [1.807, 2.05) is 0 Å². The van der Waals surface area contributed by atoms with Crippen LogP contribution in [0.5, 0.6) is 0 Å². The Morgan fingerprint density at radius 2 is 1.40 bits per heavy atom. The van der Waals surface area contributed by atoms with E-state index < -0.39 is 0 Å². The predicted molar refractivity (Wildman–Crippen MR) is 16.4 cm³/mol. The molecule has 0 aliphatic rings. The van der Waals surface area contributed by atoms with Crippen molar-refractivity contribution in [1.29, 1.82) is 0 Å². The molecule has 0 aromatic carbocycles. The van der Waals surface area contributed by atoms with Crippen LogP contribution >= 0.6 is 0 Å². The molecule has 0 fully saturated rings. The fourth-order valence-electron chi connectivity index (χ4n) is 0. The van der Waals surface area contributed by atoms with E-state index in [0.717, 1.165) is 0 Å². The number of hydrogen-bond donors (Lipinski definition) is 0. The van der Waals surface area contributed by atoms with Gasteiger partial charge in [0.2, 0.25) is 0 Å². The molecule has 0 heterocycles. The second-order valence-corrected chi connectivity index (χ2v) is 0.908. The van der Waals surface area contributed by atoms with Gasteiger partial charge in [-0.1, -0.05) is 0 Å². The maximum Gasteiger partial charge on any atom is 3.00 e. The number of rotatable bonds is 0. The van der Waals surface area contributed by atoms with E-state index >= 15 is 0 Å². The van der Waals surface area contributed by atoms with Gasteiger partial charge >= 0.3 is 19.5 Å². The Morgan fingerprint density at radius 3 is 1.40 bits per heavy atom. The van der Waals surface area contributed by atoms with E-state index in [4.69, 9.17) is 0 Å². The summed E-state index contributed by atoms with van der Waals surface area (Å²) < 4.78 is 0. The van der Waals surface area contributed by atoms with Crippen molar-refractivity contribution in [2.24, 2.45) is 0 Å². The Hall–Kier alpha value is 0.293. The molecular weight excluding hydrogens is 153 g/mol. The number of carbonyl (C=O) groups is 1. The zero-order valence-electron chi connectivity index (χ0n) is 3.26. The van der Waals surface area contributed by atoms with Gasteiger partial charge in [0.1, 0.15) is 5.78 Å². The average Bonchev–Trinajstić information content (AvgIpc) is 0.811. The van der Waals surface area contributed by atoms with Crippen LogP contribution in [-0.4, -0.2) is 5.78 Å². The molecule has 0 rings (SSSR count). The molecule has 0 atom stereocenters. The minimum absolute atomic E-state index is 0. The predicted octanol–water partition coefficient (Wildman–Crippen LogP) is 0.593. The molecule has 5 heavy (non-hydrogen) atoms. The third-order valence-electron chi connectivity index (χ3n) is 0. The second kappa shape index (κ2) is 4.29. The monoisotopic (exact) mass is 160 g/mol. The SMILES string of the molecule is CC(C)=O.[Ru+3]. The molecule has 0 aromatic heterocycles. The molecule has 0 bridgehead atoms. The van der Waals surface area contributed by atoms with Crippen molar-refractivity contribution in [3.63, 3.8) is 0 Å². The van der Waals surface area contributed by atoms with Crippen molar-refractivity contribution >= 4 is 5.78 Å². The van der Waals surface area contributed by atoms with Crippen LogP contribution in [0.1, 0.15) is 13.8 Å². The summed E-state index contributed by atoms with van der Waals surface area (Å²) in [5.74, 6) is 0.167. The van der Waals surface area contributed by atoms with Gasteiger partial charge in [0.15, 0.2) is 0 Å². The molecular formula is C3H6ORu+3. The van der Waals surface area contributed by atoms with Crippen molar-refractivity contribution < 1.29 is 24.3 Å². The minimum atomic E-state index is 0. The summed E-state index contributed by atoms with van der Waals surface area (Å²) >= 11 is 0. The van der Waals surface area contributed by atoms with E-state index in [0.29, 0.717) is 0 Å². The molecule has 1 nitrogen and oxygen atoms in total. The zero-order valence-corrected chi connectivity index (χ0v) is 5.00. The summed E-state index contributed by atoms with van der Waals surface area (Å²) in [5.41, 5.74) is 0. The summed E-state index contributed by atoms with van der Waals surface area (Å²) in [6.45, 7) is 3.06. The number of ketones is 1. The van der Waals surface area contributed by atoms with Gasteiger partial charge in [0.05, 0.1) is 0 Å². The average molecular weight is 159 g/mol. The summed E-state index contributed by atoms with van der Waals surface area (Å²) in [5, 5.41) is 0. The van der Waals surface area contributed by atoms with Crippen LogP contribution < -0.4 is 0 Å². The van der Waals surface area contributed by atoms with Crippen LogP contribution in [0.2, 0.25) is 0 Å². The standard InChI is InChI=1S/C3H6O.Ru/c1-3(2)4;/h1-2H3;/q;+3. The summed E-state index contributed by atoms with van der Waals surface area (Å²) in [7, 11) is 0. The first-order chi connectivity index (χ1) is 1.73. The van der Waals surface area contributed by atoms with Gasteiger partial charge in [-0.3, -0.25) is 0 Å². The maximum atomic E-state index is 9.44. The van der Waals surface area contributed by atoms with Gasteiger partial charge in [-0.15, -0.1) is 0 Å². The Kier molecular flexibility index (Phi) is 7.72. The molecule has 0 saturated carbocycles. The largest absolute Gasteiger partial charge is 3.00 e. The summed E-state index contributed by atoms with van der Waals surface area (Å²) in [4.78, 5) is 9.44. The number of Topliss-reactive ketones (excluding diaryl/α,β-unsaturated/α-hetero) is 1. The van der Waals surface area contributed by atoms with Crippen molar-refractivity contribution in [1.82, 2.24) is 0 Å². The van der Waals surface area contributed by atoms with E-state index in [1.54, 1.807) is 0 Å². The van der Waals surface area contributed by atoms with Crippen molar-refractivity contribution in [2.75, 3.05) is 0 Å². The second-order valence-electron chi connectivity index (χ2n) is 0.908. The van der Waals surface area contributed by atoms with Gasteiger partial charge in [-0.2, -0.15) is 0 Å². The fraction of sp³-hybridized carbons (Fsp3) is 0.667. The van der Waals surface area contributed by atoms with Crippen LogP contribution in [0.3, 0.4) is 0 Å². The molecule has 0 unspecified atom stereocenters. The van der Waals surface area contributed by atoms with Crippen LogP contribution in [0.4, 0.5) is 0 Å². The Balaban J connectivity index is 0. The normalized spacial score (nSPS) is 5.20. The number of hydrogen-bond acceptors (Lipinski definition) is 1. The van der Waals surface area contributed by atoms with Gasteiger partial charge in [0, 0.05) is 0 Å². The van der Waals surface area contributed by atoms with Gasteiger partial charge < -0.3 is 4.79 Å². The van der Waals surface area contributed by atoms with E-state index in [-0.39, 0.29) is 25.3 Å². The molecule has 1 radical (unpaired) electrons. The summed E-state index contributed by atoms with van der Waals surface area (Å²) in [6, 6.07) is 0. The van der Waals surface area contributed by atoms with Crippen molar-refractivity contribution in [3.05, 3.63) is 0 Å². The molecule has 2 heteroatoms. The van der Waals surface area contributed by atoms with E-state index in [9.17, 15) is 4.79 Å². The third-order valence-corrected chi connectivity index (χ3v) is 0. The third kappa shape index (κ3) is 262. The zero-order chi connectivity index (χ0) is 3.58. The van der Waals surface area contributed by atoms with Crippen molar-refractivity contribution in [3.8, 4) is 0 Å². The molecule has 0 aliphatic heterocycles. The first-order valence-electron chi connectivity index (χ1n) is 1.20. The molecule has 0 amide bonds. The van der Waals surface area contributed by atoms with Crippen molar-refractivity contribution in [2.45, 2.75) is 13.8 Å². The summed E-state index contributed by atoms with van der Waals surface area (Å²) in [6.07, 6.45) is 0. The van der Waals surface area contributed by atoms with E-state index in [2.05, 4.69) is 0 Å². The smallest absolute Gasteiger partial charge is 0.300 e. The molecule has 29 valence electrons. The van der Waals surface area contributed by atoms with E-state index in [1.165, 1.54) is 13.8 Å². The van der Waals surface area contributed by atoms with Crippen LogP contribution in [-0.2, 0) is 24.3 Å². The molecule has 0 saturated heterocycles. The Labute approximate surface area is 44.5 Å². The Bertz CT molecular complexity index is 29.9. The first kappa shape index (κ1) is 9.00. The molecule has 0 spiro atoms. The maximum absolute atomic E-state index is 9.44. The van der Waals surface area contributed by atoms with Crippen LogP contribution in [0.15, 0.2) is 0 Å². The van der Waals surface area contributed by atoms with Crippen LogP contribution in [0, 0.1) is 0 Å². The quantitative estimate of drug-likeness (QED) is 0.473. The first-order valence-corrected chi connectivity index (χ1v) is 1.20. The molecule has 0 aliphatic carbocycles.